The van der Waals surface area contributed by atoms with Crippen LogP contribution in [0.3, 0.4) is 0 Å². The molecule has 0 aromatic carbocycles. The molecule has 1 aliphatic carbocycles. The van der Waals surface area contributed by atoms with Crippen LogP contribution in [0.15, 0.2) is 58.7 Å². The third-order valence-corrected chi connectivity index (χ3v) is 2.26. The van der Waals surface area contributed by atoms with Gasteiger partial charge in [-0.1, -0.05) is 64.0 Å². The van der Waals surface area contributed by atoms with Gasteiger partial charge in [0.05, 0.1) is 0 Å². The predicted octanol–water partition coefficient (Wildman–Crippen LogP) is 4.28. The Bertz CT molecular complexity index is 301. The van der Waals surface area contributed by atoms with Gasteiger partial charge in [-0.15, -0.1) is 0 Å². The first kappa shape index (κ1) is 10.3. The van der Waals surface area contributed by atoms with Crippen LogP contribution in [-0.4, -0.2) is 0 Å². The second-order valence-electron chi connectivity index (χ2n) is 2.88. The summed E-state index contributed by atoms with van der Waals surface area (Å²) in [7, 11) is 0. The van der Waals surface area contributed by atoms with E-state index in [0.717, 1.165) is 10.9 Å². The van der Waals surface area contributed by atoms with Crippen molar-refractivity contribution in [2.75, 3.05) is 0 Å². The fourth-order valence-electron chi connectivity index (χ4n) is 0.957. The van der Waals surface area contributed by atoms with Crippen molar-refractivity contribution >= 4 is 15.9 Å². The molecule has 1 aliphatic rings. The Morgan fingerprint density at radius 1 is 1.15 bits per heavy atom. The largest absolute Gasteiger partial charge is 0.0807 e. The van der Waals surface area contributed by atoms with Gasteiger partial charge in [-0.2, -0.15) is 0 Å². The SMILES string of the molecule is CC1=C/C=C\C/C=C(Br)\C=C/C=C\1. The van der Waals surface area contributed by atoms with E-state index in [4.69, 9.17) is 0 Å². The van der Waals surface area contributed by atoms with Crippen molar-refractivity contribution < 1.29 is 0 Å². The van der Waals surface area contributed by atoms with Gasteiger partial charge in [-0.3, -0.25) is 0 Å². The zero-order chi connectivity index (χ0) is 9.52. The maximum Gasteiger partial charge on any atom is 0.0138 e. The molecule has 0 N–H and O–H groups in total. The molecule has 0 aromatic rings. The lowest BCUT2D eigenvalue weighted by molar-refractivity contribution is 1.38. The minimum absolute atomic E-state index is 0.967. The molecule has 0 amide bonds. The fourth-order valence-corrected chi connectivity index (χ4v) is 1.30. The van der Waals surface area contributed by atoms with Crippen LogP contribution in [0.5, 0.6) is 0 Å². The van der Waals surface area contributed by atoms with Crippen LogP contribution in [0.4, 0.5) is 0 Å². The molecule has 0 radical (unpaired) electrons. The third-order valence-electron chi connectivity index (χ3n) is 1.67. The van der Waals surface area contributed by atoms with E-state index in [-0.39, 0.29) is 0 Å². The maximum absolute atomic E-state index is 3.46. The van der Waals surface area contributed by atoms with Crippen LogP contribution in [0, 0.1) is 0 Å². The average Bonchev–Trinajstić information content (AvgIpc) is 2.14. The van der Waals surface area contributed by atoms with Gasteiger partial charge in [0.25, 0.3) is 0 Å². The maximum atomic E-state index is 3.46. The minimum Gasteiger partial charge on any atom is -0.0807 e. The highest BCUT2D eigenvalue weighted by atomic mass is 79.9. The molecule has 0 aliphatic heterocycles. The highest BCUT2D eigenvalue weighted by molar-refractivity contribution is 9.11. The van der Waals surface area contributed by atoms with Gasteiger partial charge < -0.3 is 0 Å². The number of rotatable bonds is 0. The van der Waals surface area contributed by atoms with Gasteiger partial charge in [0.2, 0.25) is 0 Å². The van der Waals surface area contributed by atoms with Crippen LogP contribution in [0.1, 0.15) is 13.3 Å². The first-order valence-electron chi connectivity index (χ1n) is 4.33. The molecule has 0 fully saturated rings. The predicted molar refractivity (Wildman–Crippen MR) is 62.8 cm³/mol. The molecular formula is C12H13Br. The molecular weight excluding hydrogens is 224 g/mol. The molecule has 0 unspecified atom stereocenters. The van der Waals surface area contributed by atoms with E-state index >= 15 is 0 Å². The molecule has 1 heteroatoms. The van der Waals surface area contributed by atoms with E-state index < -0.39 is 0 Å². The van der Waals surface area contributed by atoms with E-state index in [2.05, 4.69) is 53.2 Å². The highest BCUT2D eigenvalue weighted by Crippen LogP contribution is 2.09. The monoisotopic (exact) mass is 236 g/mol. The van der Waals surface area contributed by atoms with E-state index in [1.165, 1.54) is 5.57 Å². The molecule has 0 saturated carbocycles. The third kappa shape index (κ3) is 4.69. The summed E-state index contributed by atoms with van der Waals surface area (Å²) in [5.74, 6) is 0. The second-order valence-corrected chi connectivity index (χ2v) is 3.80. The molecule has 0 bridgehead atoms. The Labute approximate surface area is 88.2 Å². The molecule has 0 spiro atoms. The molecule has 0 nitrogen and oxygen atoms in total. The van der Waals surface area contributed by atoms with E-state index in [1.54, 1.807) is 0 Å². The Hall–Kier alpha value is -0.820. The van der Waals surface area contributed by atoms with Crippen molar-refractivity contribution in [2.24, 2.45) is 0 Å². The lowest BCUT2D eigenvalue weighted by atomic mass is 10.2. The molecule has 13 heavy (non-hydrogen) atoms. The van der Waals surface area contributed by atoms with Crippen LogP contribution in [-0.2, 0) is 0 Å². The van der Waals surface area contributed by atoms with Crippen molar-refractivity contribution in [2.45, 2.75) is 13.3 Å². The summed E-state index contributed by atoms with van der Waals surface area (Å²) in [5, 5.41) is 0. The quantitative estimate of drug-likeness (QED) is 0.589. The minimum atomic E-state index is 0.967. The molecule has 68 valence electrons. The van der Waals surface area contributed by atoms with E-state index in [1.807, 2.05) is 18.2 Å². The Morgan fingerprint density at radius 3 is 2.77 bits per heavy atom. The molecule has 0 saturated heterocycles. The lowest BCUT2D eigenvalue weighted by Gasteiger charge is -1.85. The number of halogens is 1. The van der Waals surface area contributed by atoms with Gasteiger partial charge in [-0.25, -0.2) is 0 Å². The summed E-state index contributed by atoms with van der Waals surface area (Å²) < 4.78 is 1.13. The second kappa shape index (κ2) is 5.76. The normalized spacial score (nSPS) is 33.1. The van der Waals surface area contributed by atoms with E-state index in [0.29, 0.717) is 0 Å². The number of hydrogen-bond donors (Lipinski definition) is 0. The van der Waals surface area contributed by atoms with Gasteiger partial charge in [0, 0.05) is 4.48 Å². The molecule has 1 rings (SSSR count). The van der Waals surface area contributed by atoms with Crippen LogP contribution < -0.4 is 0 Å². The van der Waals surface area contributed by atoms with Crippen molar-refractivity contribution in [3.63, 3.8) is 0 Å². The average molecular weight is 237 g/mol. The fraction of sp³-hybridized carbons (Fsp3) is 0.167. The van der Waals surface area contributed by atoms with Crippen LogP contribution in [0.25, 0.3) is 0 Å². The van der Waals surface area contributed by atoms with Crippen LogP contribution in [0.2, 0.25) is 0 Å². The summed E-state index contributed by atoms with van der Waals surface area (Å²) in [6, 6.07) is 0. The Morgan fingerprint density at radius 2 is 1.92 bits per heavy atom. The van der Waals surface area contributed by atoms with E-state index in [9.17, 15) is 0 Å². The Balaban J connectivity index is 2.81. The molecule has 0 heterocycles. The standard InChI is InChI=1S/C12H13Br/c1-11-7-3-2-4-9-12(13)10-6-5-8-11/h2-3,5-10H,4H2,1H3/b3-2-,8-5-,10-6-,11-7-,12-9+. The zero-order valence-electron chi connectivity index (χ0n) is 7.70. The molecule has 0 aromatic heterocycles. The topological polar surface area (TPSA) is 0 Å². The van der Waals surface area contributed by atoms with Gasteiger partial charge in [0.15, 0.2) is 0 Å². The summed E-state index contributed by atoms with van der Waals surface area (Å²) >= 11 is 3.46. The van der Waals surface area contributed by atoms with Crippen molar-refractivity contribution in [3.8, 4) is 0 Å². The zero-order valence-corrected chi connectivity index (χ0v) is 9.29. The first-order valence-corrected chi connectivity index (χ1v) is 5.12. The summed E-state index contributed by atoms with van der Waals surface area (Å²) in [4.78, 5) is 0. The molecule has 0 atom stereocenters. The van der Waals surface area contributed by atoms with Gasteiger partial charge in [-0.05, 0) is 19.4 Å². The Kier molecular flexibility index (Phi) is 4.55. The summed E-state index contributed by atoms with van der Waals surface area (Å²) in [6.07, 6.45) is 17.6. The van der Waals surface area contributed by atoms with Gasteiger partial charge in [0.1, 0.15) is 0 Å². The number of allylic oxidation sites excluding steroid dienone is 10. The first-order chi connectivity index (χ1) is 6.29. The van der Waals surface area contributed by atoms with Crippen molar-refractivity contribution in [3.05, 3.63) is 58.7 Å². The van der Waals surface area contributed by atoms with Crippen molar-refractivity contribution in [1.82, 2.24) is 0 Å². The highest BCUT2D eigenvalue weighted by Gasteiger charge is 1.83. The summed E-state index contributed by atoms with van der Waals surface area (Å²) in [6.45, 7) is 2.09. The van der Waals surface area contributed by atoms with Crippen LogP contribution >= 0.6 is 15.9 Å². The van der Waals surface area contributed by atoms with Crippen molar-refractivity contribution in [1.29, 1.82) is 0 Å². The lowest BCUT2D eigenvalue weighted by Crippen LogP contribution is -1.64. The summed E-state index contributed by atoms with van der Waals surface area (Å²) in [5.41, 5.74) is 1.26. The number of hydrogen-bond acceptors (Lipinski definition) is 0. The van der Waals surface area contributed by atoms with Gasteiger partial charge >= 0.3 is 0 Å². The smallest absolute Gasteiger partial charge is 0.0138 e.